The SMILES string of the molecule is CO[n+]1onc(OCCN2C(=O)c3cc(C=O)c(C(=O)N(C)CO)cc3C2=O)c1S(=O)(=O)c1ccccc1. The fraction of sp³-hybridized carbons (Fsp3) is 0.217. The lowest BCUT2D eigenvalue weighted by atomic mass is 9.99. The van der Waals surface area contributed by atoms with Crippen molar-refractivity contribution >= 4 is 33.8 Å². The van der Waals surface area contributed by atoms with E-state index in [1.807, 2.05) is 0 Å². The number of nitrogens with zero attached hydrogens (tertiary/aromatic N) is 4. The molecule has 0 saturated heterocycles. The van der Waals surface area contributed by atoms with Crippen LogP contribution in [0.15, 0.2) is 57.0 Å². The summed E-state index contributed by atoms with van der Waals surface area (Å²) in [6, 6.07) is 9.65. The molecule has 0 spiro atoms. The normalized spacial score (nSPS) is 12.9. The fourth-order valence-corrected chi connectivity index (χ4v) is 5.07. The Bertz CT molecular complexity index is 1530. The minimum Gasteiger partial charge on any atom is -0.451 e. The van der Waals surface area contributed by atoms with E-state index in [-0.39, 0.29) is 40.3 Å². The van der Waals surface area contributed by atoms with E-state index >= 15 is 0 Å². The highest BCUT2D eigenvalue weighted by Gasteiger charge is 2.42. The molecular weight excluding hydrogens is 524 g/mol. The largest absolute Gasteiger partial charge is 0.451 e. The minimum absolute atomic E-state index is 0.0811. The number of benzene rings is 2. The van der Waals surface area contributed by atoms with Crippen molar-refractivity contribution < 1.29 is 51.8 Å². The lowest BCUT2D eigenvalue weighted by Gasteiger charge is -2.15. The van der Waals surface area contributed by atoms with Crippen LogP contribution in [-0.2, 0) is 9.84 Å². The molecule has 0 saturated carbocycles. The van der Waals surface area contributed by atoms with Crippen LogP contribution in [0.1, 0.15) is 41.4 Å². The summed E-state index contributed by atoms with van der Waals surface area (Å²) in [6.07, 6.45) is 0.368. The number of aromatic nitrogens is 2. The van der Waals surface area contributed by atoms with Gasteiger partial charge >= 0.3 is 10.9 Å². The summed E-state index contributed by atoms with van der Waals surface area (Å²) in [6.45, 7) is -1.33. The number of aliphatic hydroxyl groups excluding tert-OH is 1. The van der Waals surface area contributed by atoms with Crippen LogP contribution in [-0.4, -0.2) is 86.5 Å². The number of aliphatic hydroxyl groups is 1. The number of carbonyl (C=O) groups is 4. The van der Waals surface area contributed by atoms with Crippen LogP contribution in [0.3, 0.4) is 0 Å². The summed E-state index contributed by atoms with van der Waals surface area (Å²) < 4.78 is 36.5. The first-order valence-corrected chi connectivity index (χ1v) is 12.4. The lowest BCUT2D eigenvalue weighted by molar-refractivity contribution is -1.04. The van der Waals surface area contributed by atoms with Crippen molar-refractivity contribution in [1.82, 2.24) is 15.0 Å². The molecule has 38 heavy (non-hydrogen) atoms. The van der Waals surface area contributed by atoms with E-state index < -0.39 is 45.2 Å². The van der Waals surface area contributed by atoms with Crippen LogP contribution < -0.4 is 14.5 Å². The summed E-state index contributed by atoms with van der Waals surface area (Å²) in [5, 5.41) is 12.2. The number of carbonyl (C=O) groups excluding carboxylic acids is 4. The highest BCUT2D eigenvalue weighted by Crippen LogP contribution is 2.28. The Hall–Kier alpha value is -4.63. The molecule has 1 N–H and O–H groups in total. The smallest absolute Gasteiger partial charge is 0.445 e. The molecule has 1 aliphatic rings. The van der Waals surface area contributed by atoms with Crippen molar-refractivity contribution in [3.8, 4) is 5.88 Å². The molecule has 1 aromatic heterocycles. The maximum absolute atomic E-state index is 13.1. The molecule has 4 rings (SSSR count). The highest BCUT2D eigenvalue weighted by molar-refractivity contribution is 7.91. The molecule has 0 radical (unpaired) electrons. The number of amides is 3. The van der Waals surface area contributed by atoms with Gasteiger partial charge in [0.05, 0.1) is 28.1 Å². The highest BCUT2D eigenvalue weighted by atomic mass is 32.2. The zero-order valence-corrected chi connectivity index (χ0v) is 20.9. The second kappa shape index (κ2) is 10.4. The van der Waals surface area contributed by atoms with Gasteiger partial charge in [-0.1, -0.05) is 18.2 Å². The van der Waals surface area contributed by atoms with E-state index in [4.69, 9.17) is 14.2 Å². The maximum atomic E-state index is 13.1. The summed E-state index contributed by atoms with van der Waals surface area (Å²) >= 11 is 0. The van der Waals surface area contributed by atoms with Gasteiger partial charge in [0.2, 0.25) is 5.16 Å². The van der Waals surface area contributed by atoms with Gasteiger partial charge in [-0.2, -0.15) is 0 Å². The van der Waals surface area contributed by atoms with Crippen molar-refractivity contribution in [2.24, 2.45) is 0 Å². The van der Waals surface area contributed by atoms with Crippen molar-refractivity contribution in [2.45, 2.75) is 9.92 Å². The Labute approximate surface area is 215 Å². The van der Waals surface area contributed by atoms with Gasteiger partial charge in [0.1, 0.15) is 20.4 Å². The third-order valence-electron chi connectivity index (χ3n) is 5.63. The minimum atomic E-state index is -4.19. The van der Waals surface area contributed by atoms with Crippen molar-refractivity contribution in [3.05, 3.63) is 64.7 Å². The first-order chi connectivity index (χ1) is 18.1. The predicted molar refractivity (Wildman–Crippen MR) is 123 cm³/mol. The van der Waals surface area contributed by atoms with Gasteiger partial charge in [-0.25, -0.2) is 8.42 Å². The monoisotopic (exact) mass is 545 g/mol. The van der Waals surface area contributed by atoms with Gasteiger partial charge in [0.15, 0.2) is 11.2 Å². The third-order valence-corrected chi connectivity index (χ3v) is 7.36. The molecule has 2 aromatic carbocycles. The molecule has 0 atom stereocenters. The first-order valence-electron chi connectivity index (χ1n) is 10.9. The number of fused-ring (bicyclic) bond motifs is 1. The van der Waals surface area contributed by atoms with E-state index in [1.165, 1.54) is 31.3 Å². The molecule has 0 unspecified atom stereocenters. The predicted octanol–water partition coefficient (Wildman–Crippen LogP) is -0.637. The fourth-order valence-electron chi connectivity index (χ4n) is 3.70. The van der Waals surface area contributed by atoms with Crippen molar-refractivity contribution in [2.75, 3.05) is 34.0 Å². The average molecular weight is 546 g/mol. The molecule has 2 heterocycles. The summed E-state index contributed by atoms with van der Waals surface area (Å²) in [5.74, 6) is -2.68. The van der Waals surface area contributed by atoms with E-state index in [1.54, 1.807) is 6.07 Å². The van der Waals surface area contributed by atoms with Crippen LogP contribution in [0.25, 0.3) is 0 Å². The molecule has 0 bridgehead atoms. The quantitative estimate of drug-likeness (QED) is 0.195. The van der Waals surface area contributed by atoms with Crippen molar-refractivity contribution in [3.63, 3.8) is 0 Å². The van der Waals surface area contributed by atoms with Crippen LogP contribution in [0, 0.1) is 0 Å². The summed E-state index contributed by atoms with van der Waals surface area (Å²) in [5.41, 5.74) is -0.486. The molecule has 15 heteroatoms. The molecular formula is C23H21N4O10S+. The second-order valence-corrected chi connectivity index (χ2v) is 9.76. The Balaban J connectivity index is 1.56. The number of ether oxygens (including phenoxy) is 1. The molecule has 14 nitrogen and oxygen atoms in total. The van der Waals surface area contributed by atoms with Crippen molar-refractivity contribution in [1.29, 1.82) is 0 Å². The van der Waals surface area contributed by atoms with Gasteiger partial charge in [0, 0.05) is 12.6 Å². The van der Waals surface area contributed by atoms with Crippen LogP contribution >= 0.6 is 0 Å². The molecule has 198 valence electrons. The van der Waals surface area contributed by atoms with E-state index in [0.717, 1.165) is 29.0 Å². The number of rotatable bonds is 10. The Morgan fingerprint density at radius 3 is 2.45 bits per heavy atom. The van der Waals surface area contributed by atoms with Gasteiger partial charge < -0.3 is 19.6 Å². The van der Waals surface area contributed by atoms with Crippen LogP contribution in [0.5, 0.6) is 5.88 Å². The Kier molecular flexibility index (Phi) is 7.23. The number of sulfone groups is 1. The number of hydrogen-bond acceptors (Lipinski definition) is 11. The van der Waals surface area contributed by atoms with Gasteiger partial charge in [0.25, 0.3) is 27.6 Å². The van der Waals surface area contributed by atoms with Gasteiger partial charge in [-0.3, -0.25) is 24.1 Å². The number of aldehydes is 1. The van der Waals surface area contributed by atoms with Gasteiger partial charge in [-0.15, -0.1) is 0 Å². The molecule has 1 aliphatic heterocycles. The second-order valence-electron chi connectivity index (χ2n) is 7.90. The zero-order valence-electron chi connectivity index (χ0n) is 20.1. The van der Waals surface area contributed by atoms with E-state index in [0.29, 0.717) is 11.2 Å². The third kappa shape index (κ3) is 4.48. The number of imide groups is 1. The standard InChI is InChI=1S/C23H21N4O10S/c1-25(13-29)20(30)16-11-18-17(10-14(16)12-28)21(31)26(22(18)32)8-9-36-19-23(27(35-2)37-24-19)38(33,34)15-6-4-3-5-7-15/h3-7,10-12,29H,8-9,13H2,1-2H3/q+1. The lowest BCUT2D eigenvalue weighted by Crippen LogP contribution is -2.43. The van der Waals surface area contributed by atoms with E-state index in [2.05, 4.69) is 5.16 Å². The average Bonchev–Trinajstić information content (AvgIpc) is 3.46. The zero-order chi connectivity index (χ0) is 27.6. The van der Waals surface area contributed by atoms with Crippen LogP contribution in [0.4, 0.5) is 0 Å². The maximum Gasteiger partial charge on any atom is 0.445 e. The molecule has 3 amide bonds. The first kappa shape index (κ1) is 26.4. The topological polar surface area (TPSA) is 177 Å². The van der Waals surface area contributed by atoms with Gasteiger partial charge in [-0.05, 0) is 28.9 Å². The van der Waals surface area contributed by atoms with E-state index in [9.17, 15) is 32.7 Å². The summed E-state index contributed by atoms with van der Waals surface area (Å²) in [4.78, 5) is 57.0. The Morgan fingerprint density at radius 2 is 1.84 bits per heavy atom. The molecule has 3 aromatic rings. The Morgan fingerprint density at radius 1 is 1.18 bits per heavy atom. The molecule has 0 fully saturated rings. The molecule has 0 aliphatic carbocycles. The number of hydrogen-bond donors (Lipinski definition) is 1. The van der Waals surface area contributed by atoms with Crippen LogP contribution in [0.2, 0.25) is 0 Å². The summed E-state index contributed by atoms with van der Waals surface area (Å²) in [7, 11) is -1.74.